The normalized spacial score (nSPS) is 10.6. The summed E-state index contributed by atoms with van der Waals surface area (Å²) in [6, 6.07) is 7.82. The fraction of sp³-hybridized carbons (Fsp3) is 0.143. The first-order chi connectivity index (χ1) is 9.28. The van der Waals surface area contributed by atoms with Gasteiger partial charge in [-0.15, -0.1) is 0 Å². The van der Waals surface area contributed by atoms with Gasteiger partial charge in [-0.3, -0.25) is 0 Å². The van der Waals surface area contributed by atoms with E-state index in [2.05, 4.69) is 15.0 Å². The molecule has 0 spiro atoms. The highest BCUT2D eigenvalue weighted by molar-refractivity contribution is 5.76. The molecular weight excluding hydrogens is 240 g/mol. The van der Waals surface area contributed by atoms with Crippen LogP contribution in [0.2, 0.25) is 0 Å². The lowest BCUT2D eigenvalue weighted by Gasteiger charge is -2.03. The van der Waals surface area contributed by atoms with Crippen molar-refractivity contribution in [1.29, 1.82) is 0 Å². The zero-order chi connectivity index (χ0) is 13.2. The second-order valence-corrected chi connectivity index (χ2v) is 4.28. The Labute approximate surface area is 110 Å². The summed E-state index contributed by atoms with van der Waals surface area (Å²) in [7, 11) is 3.60. The lowest BCUT2D eigenvalue weighted by Crippen LogP contribution is -1.86. The maximum atomic E-state index is 5.16. The number of ether oxygens (including phenoxy) is 1. The fourth-order valence-electron chi connectivity index (χ4n) is 2.00. The van der Waals surface area contributed by atoms with Crippen LogP contribution in [0, 0.1) is 0 Å². The largest absolute Gasteiger partial charge is 0.497 e. The van der Waals surface area contributed by atoms with E-state index in [1.165, 1.54) is 0 Å². The summed E-state index contributed by atoms with van der Waals surface area (Å²) in [5.41, 5.74) is 3.72. The SMILES string of the molecule is COc1ccc(-c2nc[nH]c2-c2cn(C)cn2)cc1. The van der Waals surface area contributed by atoms with Gasteiger partial charge in [-0.2, -0.15) is 0 Å². The van der Waals surface area contributed by atoms with Crippen LogP contribution in [0.3, 0.4) is 0 Å². The first-order valence-electron chi connectivity index (χ1n) is 5.94. The summed E-state index contributed by atoms with van der Waals surface area (Å²) in [6.45, 7) is 0. The van der Waals surface area contributed by atoms with Crippen LogP contribution < -0.4 is 4.74 Å². The summed E-state index contributed by atoms with van der Waals surface area (Å²) in [6.07, 6.45) is 5.41. The summed E-state index contributed by atoms with van der Waals surface area (Å²) in [5.74, 6) is 0.832. The molecule has 3 rings (SSSR count). The molecule has 0 unspecified atom stereocenters. The first-order valence-corrected chi connectivity index (χ1v) is 5.94. The fourth-order valence-corrected chi connectivity index (χ4v) is 2.00. The molecule has 3 aromatic rings. The molecule has 1 N–H and O–H groups in total. The predicted molar refractivity (Wildman–Crippen MR) is 72.8 cm³/mol. The van der Waals surface area contributed by atoms with Crippen LogP contribution in [0.15, 0.2) is 43.1 Å². The molecule has 1 aromatic carbocycles. The maximum Gasteiger partial charge on any atom is 0.118 e. The Bertz CT molecular complexity index is 682. The van der Waals surface area contributed by atoms with Crippen molar-refractivity contribution in [2.24, 2.45) is 7.05 Å². The summed E-state index contributed by atoms with van der Waals surface area (Å²) >= 11 is 0. The molecular formula is C14H14N4O. The van der Waals surface area contributed by atoms with Crippen molar-refractivity contribution in [2.75, 3.05) is 7.11 Å². The molecule has 2 aromatic heterocycles. The van der Waals surface area contributed by atoms with E-state index in [1.807, 2.05) is 42.1 Å². The standard InChI is InChI=1S/C14H14N4O/c1-18-7-12(17-9-18)14-13(15-8-16-14)10-3-5-11(19-2)6-4-10/h3-9H,1-2H3,(H,15,16). The van der Waals surface area contributed by atoms with E-state index in [-0.39, 0.29) is 0 Å². The number of H-pyrrole nitrogens is 1. The van der Waals surface area contributed by atoms with Crippen molar-refractivity contribution in [3.05, 3.63) is 43.1 Å². The molecule has 19 heavy (non-hydrogen) atoms. The van der Waals surface area contributed by atoms with E-state index >= 15 is 0 Å². The number of nitrogens with one attached hydrogen (secondary N) is 1. The molecule has 2 heterocycles. The average Bonchev–Trinajstić information content (AvgIpc) is 3.07. The monoisotopic (exact) mass is 254 g/mol. The van der Waals surface area contributed by atoms with E-state index in [0.717, 1.165) is 28.4 Å². The highest BCUT2D eigenvalue weighted by atomic mass is 16.5. The van der Waals surface area contributed by atoms with E-state index in [1.54, 1.807) is 19.8 Å². The smallest absolute Gasteiger partial charge is 0.118 e. The highest BCUT2D eigenvalue weighted by Gasteiger charge is 2.12. The van der Waals surface area contributed by atoms with Gasteiger partial charge in [-0.1, -0.05) is 0 Å². The van der Waals surface area contributed by atoms with Gasteiger partial charge in [0.15, 0.2) is 0 Å². The van der Waals surface area contributed by atoms with Crippen LogP contribution in [0.1, 0.15) is 0 Å². The lowest BCUT2D eigenvalue weighted by atomic mass is 10.1. The van der Waals surface area contributed by atoms with Crippen molar-refractivity contribution in [3.63, 3.8) is 0 Å². The zero-order valence-corrected chi connectivity index (χ0v) is 10.8. The number of aryl methyl sites for hydroxylation is 1. The Morgan fingerprint density at radius 3 is 2.58 bits per heavy atom. The summed E-state index contributed by atoms with van der Waals surface area (Å²) < 4.78 is 7.07. The van der Waals surface area contributed by atoms with Gasteiger partial charge in [-0.05, 0) is 24.3 Å². The van der Waals surface area contributed by atoms with Gasteiger partial charge in [0, 0.05) is 18.8 Å². The molecule has 0 saturated heterocycles. The predicted octanol–water partition coefficient (Wildman–Crippen LogP) is 2.49. The molecule has 0 radical (unpaired) electrons. The molecule has 0 aliphatic heterocycles. The molecule has 0 bridgehead atoms. The third-order valence-corrected chi connectivity index (χ3v) is 2.96. The molecule has 0 amide bonds. The molecule has 0 atom stereocenters. The van der Waals surface area contributed by atoms with Crippen molar-refractivity contribution in [2.45, 2.75) is 0 Å². The van der Waals surface area contributed by atoms with Gasteiger partial charge in [0.05, 0.1) is 31.2 Å². The number of rotatable bonds is 3. The van der Waals surface area contributed by atoms with Crippen LogP contribution in [0.4, 0.5) is 0 Å². The maximum absolute atomic E-state index is 5.16. The number of hydrogen-bond donors (Lipinski definition) is 1. The quantitative estimate of drug-likeness (QED) is 0.781. The highest BCUT2D eigenvalue weighted by Crippen LogP contribution is 2.28. The Morgan fingerprint density at radius 2 is 1.95 bits per heavy atom. The molecule has 5 nitrogen and oxygen atoms in total. The van der Waals surface area contributed by atoms with Crippen molar-refractivity contribution < 1.29 is 4.74 Å². The number of imidazole rings is 2. The third kappa shape index (κ3) is 2.10. The Morgan fingerprint density at radius 1 is 1.16 bits per heavy atom. The lowest BCUT2D eigenvalue weighted by molar-refractivity contribution is 0.415. The van der Waals surface area contributed by atoms with E-state index < -0.39 is 0 Å². The number of methoxy groups -OCH3 is 1. The van der Waals surface area contributed by atoms with E-state index in [4.69, 9.17) is 4.74 Å². The summed E-state index contributed by atoms with van der Waals surface area (Å²) in [5, 5.41) is 0. The molecule has 0 aliphatic carbocycles. The molecule has 0 aliphatic rings. The number of hydrogen-bond acceptors (Lipinski definition) is 3. The van der Waals surface area contributed by atoms with Crippen LogP contribution in [-0.4, -0.2) is 26.6 Å². The molecule has 0 saturated carbocycles. The van der Waals surface area contributed by atoms with Gasteiger partial charge in [0.25, 0.3) is 0 Å². The zero-order valence-electron chi connectivity index (χ0n) is 10.8. The topological polar surface area (TPSA) is 55.7 Å². The van der Waals surface area contributed by atoms with E-state index in [0.29, 0.717) is 0 Å². The van der Waals surface area contributed by atoms with Crippen molar-refractivity contribution in [1.82, 2.24) is 19.5 Å². The minimum absolute atomic E-state index is 0.832. The van der Waals surface area contributed by atoms with Gasteiger partial charge in [0.2, 0.25) is 0 Å². The van der Waals surface area contributed by atoms with Crippen LogP contribution in [-0.2, 0) is 7.05 Å². The van der Waals surface area contributed by atoms with Gasteiger partial charge < -0.3 is 14.3 Å². The number of nitrogens with zero attached hydrogens (tertiary/aromatic N) is 3. The second-order valence-electron chi connectivity index (χ2n) is 4.28. The number of benzene rings is 1. The minimum Gasteiger partial charge on any atom is -0.497 e. The van der Waals surface area contributed by atoms with Gasteiger partial charge in [0.1, 0.15) is 11.4 Å². The molecule has 96 valence electrons. The Kier molecular flexibility index (Phi) is 2.79. The number of aromatic nitrogens is 4. The van der Waals surface area contributed by atoms with Crippen LogP contribution in [0.25, 0.3) is 22.6 Å². The average molecular weight is 254 g/mol. The third-order valence-electron chi connectivity index (χ3n) is 2.96. The Hall–Kier alpha value is -2.56. The molecule has 5 heteroatoms. The van der Waals surface area contributed by atoms with Crippen LogP contribution >= 0.6 is 0 Å². The van der Waals surface area contributed by atoms with Gasteiger partial charge in [-0.25, -0.2) is 9.97 Å². The summed E-state index contributed by atoms with van der Waals surface area (Å²) in [4.78, 5) is 11.9. The second kappa shape index (κ2) is 4.61. The van der Waals surface area contributed by atoms with Crippen molar-refractivity contribution >= 4 is 0 Å². The number of aromatic amines is 1. The minimum atomic E-state index is 0.832. The van der Waals surface area contributed by atoms with Crippen LogP contribution in [0.5, 0.6) is 5.75 Å². The van der Waals surface area contributed by atoms with Gasteiger partial charge >= 0.3 is 0 Å². The van der Waals surface area contributed by atoms with Crippen molar-refractivity contribution in [3.8, 4) is 28.4 Å². The molecule has 0 fully saturated rings. The first kappa shape index (κ1) is 11.5. The Balaban J connectivity index is 2.03. The van der Waals surface area contributed by atoms with E-state index in [9.17, 15) is 0 Å².